The van der Waals surface area contributed by atoms with Crippen molar-refractivity contribution in [1.82, 2.24) is 9.58 Å². The van der Waals surface area contributed by atoms with Crippen LogP contribution in [-0.2, 0) is 4.79 Å². The van der Waals surface area contributed by atoms with Crippen molar-refractivity contribution in [2.24, 2.45) is 10.1 Å². The highest BCUT2D eigenvalue weighted by atomic mass is 35.5. The number of nitrogens with zero attached hydrogens (tertiary/aromatic N) is 4. The Bertz CT molecular complexity index is 1480. The van der Waals surface area contributed by atoms with Gasteiger partial charge in [-0.1, -0.05) is 47.5 Å². The lowest BCUT2D eigenvalue weighted by Gasteiger charge is -2.20. The molecule has 0 saturated heterocycles. The van der Waals surface area contributed by atoms with Gasteiger partial charge in [-0.15, -0.1) is 0 Å². The van der Waals surface area contributed by atoms with E-state index < -0.39 is 5.91 Å². The molecule has 5 rings (SSSR count). The molecule has 1 N–H and O–H groups in total. The molecule has 3 aromatic rings. The molecule has 2 aromatic carbocycles. The van der Waals surface area contributed by atoms with Gasteiger partial charge in [0.05, 0.1) is 10.6 Å². The number of carbonyl (C=O) groups is 1. The maximum atomic E-state index is 12.9. The first-order valence-corrected chi connectivity index (χ1v) is 12.0. The highest BCUT2D eigenvalue weighted by Gasteiger charge is 2.36. The van der Waals surface area contributed by atoms with E-state index >= 15 is 0 Å². The lowest BCUT2D eigenvalue weighted by Crippen LogP contribution is -2.35. The van der Waals surface area contributed by atoms with Crippen molar-refractivity contribution in [2.75, 3.05) is 0 Å². The van der Waals surface area contributed by atoms with Crippen LogP contribution in [-0.4, -0.2) is 31.5 Å². The number of benzene rings is 2. The van der Waals surface area contributed by atoms with Crippen LogP contribution >= 0.6 is 23.4 Å². The van der Waals surface area contributed by atoms with Crippen LogP contribution in [0.15, 0.2) is 64.2 Å². The number of nitrogens with one attached hydrogen (secondary N) is 1. The Balaban J connectivity index is 1.53. The molecular formula is C26H22ClN5OS. The van der Waals surface area contributed by atoms with Crippen molar-refractivity contribution in [1.29, 1.82) is 5.41 Å². The van der Waals surface area contributed by atoms with Gasteiger partial charge in [-0.2, -0.15) is 15.1 Å². The van der Waals surface area contributed by atoms with Gasteiger partial charge in [0.15, 0.2) is 5.84 Å². The summed E-state index contributed by atoms with van der Waals surface area (Å²) in [5.74, 6) is -0.448. The van der Waals surface area contributed by atoms with E-state index in [0.29, 0.717) is 15.2 Å². The number of hydrogen-bond acceptors (Lipinski definition) is 4. The fourth-order valence-electron chi connectivity index (χ4n) is 4.25. The number of thioether (sulfide) groups is 1. The minimum Gasteiger partial charge on any atom is -0.318 e. The van der Waals surface area contributed by atoms with E-state index in [1.54, 1.807) is 12.1 Å². The number of halogens is 1. The quantitative estimate of drug-likeness (QED) is 0.458. The molecule has 0 saturated carbocycles. The lowest BCUT2D eigenvalue weighted by atomic mass is 10.1. The number of aliphatic imine (C=N–C) groups is 1. The van der Waals surface area contributed by atoms with E-state index in [4.69, 9.17) is 17.0 Å². The first-order chi connectivity index (χ1) is 16.2. The van der Waals surface area contributed by atoms with Gasteiger partial charge < -0.3 is 4.57 Å². The molecular weight excluding hydrogens is 466 g/mol. The summed E-state index contributed by atoms with van der Waals surface area (Å²) in [6.07, 6.45) is 1.74. The topological polar surface area (TPSA) is 73.8 Å². The highest BCUT2D eigenvalue weighted by Crippen LogP contribution is 2.33. The van der Waals surface area contributed by atoms with E-state index in [1.807, 2.05) is 38.1 Å². The average Bonchev–Trinajstić information content (AvgIpc) is 3.32. The number of amidine groups is 2. The largest absolute Gasteiger partial charge is 0.318 e. The number of hydrazone groups is 1. The molecule has 2 aliphatic heterocycles. The van der Waals surface area contributed by atoms with E-state index in [0.717, 1.165) is 28.2 Å². The molecule has 0 spiro atoms. The molecule has 170 valence electrons. The van der Waals surface area contributed by atoms with Crippen LogP contribution in [0.5, 0.6) is 0 Å². The Morgan fingerprint density at radius 1 is 1.06 bits per heavy atom. The summed E-state index contributed by atoms with van der Waals surface area (Å²) in [7, 11) is 0. The smallest absolute Gasteiger partial charge is 0.283 e. The van der Waals surface area contributed by atoms with Gasteiger partial charge in [0.2, 0.25) is 5.17 Å². The van der Waals surface area contributed by atoms with Crippen molar-refractivity contribution in [3.8, 4) is 5.69 Å². The van der Waals surface area contributed by atoms with Crippen LogP contribution in [0.25, 0.3) is 11.8 Å². The minimum absolute atomic E-state index is 0.000808. The Hall–Kier alpha value is -3.42. The molecule has 0 radical (unpaired) electrons. The van der Waals surface area contributed by atoms with E-state index in [9.17, 15) is 4.79 Å². The second-order valence-corrected chi connectivity index (χ2v) is 9.72. The van der Waals surface area contributed by atoms with Crippen LogP contribution in [0.1, 0.15) is 33.6 Å². The number of aromatic nitrogens is 1. The molecule has 1 amide bonds. The maximum Gasteiger partial charge on any atom is 0.283 e. The second kappa shape index (κ2) is 8.42. The molecule has 6 nitrogen and oxygen atoms in total. The van der Waals surface area contributed by atoms with Crippen LogP contribution in [0.2, 0.25) is 5.02 Å². The monoisotopic (exact) mass is 487 g/mol. The van der Waals surface area contributed by atoms with Gasteiger partial charge in [-0.25, -0.2) is 0 Å². The Morgan fingerprint density at radius 2 is 1.82 bits per heavy atom. The van der Waals surface area contributed by atoms with Crippen molar-refractivity contribution in [2.45, 2.75) is 27.7 Å². The molecule has 34 heavy (non-hydrogen) atoms. The molecule has 1 aromatic heterocycles. The Kier molecular flexibility index (Phi) is 5.54. The van der Waals surface area contributed by atoms with Gasteiger partial charge in [0.25, 0.3) is 5.91 Å². The maximum absolute atomic E-state index is 12.9. The van der Waals surface area contributed by atoms with Crippen LogP contribution < -0.4 is 0 Å². The zero-order chi connectivity index (χ0) is 24.1. The zero-order valence-electron chi connectivity index (χ0n) is 19.2. The fourth-order valence-corrected chi connectivity index (χ4v) is 5.46. The zero-order valence-corrected chi connectivity index (χ0v) is 20.8. The van der Waals surface area contributed by atoms with Crippen molar-refractivity contribution < 1.29 is 4.79 Å². The SMILES string of the molecule is Cc1ccc(-n2c(C)cc(C=C3C(=N)N4N=C(c5ccccc5Cl)SC4=NC3=O)c2C)c(C)c1. The van der Waals surface area contributed by atoms with E-state index in [2.05, 4.69) is 46.7 Å². The molecule has 0 atom stereocenters. The summed E-state index contributed by atoms with van der Waals surface area (Å²) in [6, 6.07) is 15.7. The van der Waals surface area contributed by atoms with Crippen LogP contribution in [0.3, 0.4) is 0 Å². The summed E-state index contributed by atoms with van der Waals surface area (Å²) in [6.45, 7) is 8.22. The summed E-state index contributed by atoms with van der Waals surface area (Å²) >= 11 is 7.56. The summed E-state index contributed by atoms with van der Waals surface area (Å²) in [4.78, 5) is 17.1. The number of aryl methyl sites for hydroxylation is 3. The highest BCUT2D eigenvalue weighted by molar-refractivity contribution is 8.27. The third-order valence-corrected chi connectivity index (χ3v) is 7.19. The van der Waals surface area contributed by atoms with Gasteiger partial charge in [0, 0.05) is 22.6 Å². The Labute approximate surface area is 207 Å². The summed E-state index contributed by atoms with van der Waals surface area (Å²) < 4.78 is 2.17. The molecule has 3 heterocycles. The fraction of sp³-hybridized carbons (Fsp3) is 0.154. The summed E-state index contributed by atoms with van der Waals surface area (Å²) in [5.41, 5.74) is 7.33. The van der Waals surface area contributed by atoms with Crippen molar-refractivity contribution in [3.63, 3.8) is 0 Å². The third-order valence-electron chi connectivity index (χ3n) is 5.92. The van der Waals surface area contributed by atoms with Gasteiger partial charge in [0.1, 0.15) is 5.04 Å². The lowest BCUT2D eigenvalue weighted by molar-refractivity contribution is -0.114. The predicted molar refractivity (Wildman–Crippen MR) is 140 cm³/mol. The molecule has 0 unspecified atom stereocenters. The first kappa shape index (κ1) is 22.4. The van der Waals surface area contributed by atoms with Crippen LogP contribution in [0.4, 0.5) is 0 Å². The van der Waals surface area contributed by atoms with Gasteiger partial charge >= 0.3 is 0 Å². The average molecular weight is 488 g/mol. The summed E-state index contributed by atoms with van der Waals surface area (Å²) in [5, 5.41) is 16.2. The van der Waals surface area contributed by atoms with Crippen molar-refractivity contribution >= 4 is 51.4 Å². The number of hydrogen-bond donors (Lipinski definition) is 1. The molecule has 2 aliphatic rings. The normalized spacial score (nSPS) is 16.7. The number of amides is 1. The van der Waals surface area contributed by atoms with Crippen molar-refractivity contribution in [3.05, 3.63) is 92.8 Å². The first-order valence-electron chi connectivity index (χ1n) is 10.8. The standard InChI is InChI=1S/C26H22ClN5OS/c1-14-9-10-22(15(2)11-14)31-16(3)12-18(17(31)4)13-20-23(28)32-26(29-24(20)33)34-25(30-32)19-7-5-6-8-21(19)27/h5-13,28H,1-4H3. The second-order valence-electron chi connectivity index (χ2n) is 8.36. The molecule has 8 heteroatoms. The van der Waals surface area contributed by atoms with Gasteiger partial charge in [-0.3, -0.25) is 10.2 Å². The molecule has 0 bridgehead atoms. The van der Waals surface area contributed by atoms with Gasteiger partial charge in [-0.05, 0) is 74.9 Å². The third kappa shape index (κ3) is 3.71. The minimum atomic E-state index is -0.448. The molecule has 0 fully saturated rings. The number of carbonyl (C=O) groups excluding carboxylic acids is 1. The van der Waals surface area contributed by atoms with E-state index in [1.165, 1.54) is 27.9 Å². The predicted octanol–water partition coefficient (Wildman–Crippen LogP) is 6.03. The molecule has 0 aliphatic carbocycles. The van der Waals surface area contributed by atoms with Crippen LogP contribution in [0, 0.1) is 33.1 Å². The number of fused-ring (bicyclic) bond motifs is 1. The number of rotatable bonds is 3. The Morgan fingerprint density at radius 3 is 2.56 bits per heavy atom. The van der Waals surface area contributed by atoms with E-state index in [-0.39, 0.29) is 11.4 Å².